The van der Waals surface area contributed by atoms with Crippen molar-refractivity contribution in [2.24, 2.45) is 0 Å². The predicted octanol–water partition coefficient (Wildman–Crippen LogP) is 4.13. The quantitative estimate of drug-likeness (QED) is 0.913. The summed E-state index contributed by atoms with van der Waals surface area (Å²) in [7, 11) is 0. The molecule has 1 fully saturated rings. The molecular weight excluding hydrogens is 310 g/mol. The van der Waals surface area contributed by atoms with Gasteiger partial charge in [-0.05, 0) is 55.0 Å². The van der Waals surface area contributed by atoms with Gasteiger partial charge < -0.3 is 10.1 Å². The van der Waals surface area contributed by atoms with Crippen LogP contribution in [0.15, 0.2) is 60.2 Å². The lowest BCUT2D eigenvalue weighted by Crippen LogP contribution is -2.40. The Morgan fingerprint density at radius 1 is 0.920 bits per heavy atom. The number of hydrogen-bond acceptors (Lipinski definition) is 2. The molecule has 0 aromatic heterocycles. The zero-order valence-corrected chi connectivity index (χ0v) is 14.3. The number of ether oxygens (including phenoxy) is 1. The summed E-state index contributed by atoms with van der Waals surface area (Å²) < 4.78 is 6.03. The molecule has 1 N–H and O–H groups in total. The summed E-state index contributed by atoms with van der Waals surface area (Å²) in [5.74, 6) is 1.02. The third-order valence-electron chi connectivity index (χ3n) is 5.11. The van der Waals surface area contributed by atoms with Crippen LogP contribution in [0.2, 0.25) is 0 Å². The lowest BCUT2D eigenvalue weighted by Gasteiger charge is -2.29. The van der Waals surface area contributed by atoms with Crippen LogP contribution in [0.1, 0.15) is 36.8 Å². The van der Waals surface area contributed by atoms with E-state index in [1.165, 1.54) is 11.1 Å². The first-order valence-corrected chi connectivity index (χ1v) is 9.09. The van der Waals surface area contributed by atoms with Crippen molar-refractivity contribution in [3.63, 3.8) is 0 Å². The van der Waals surface area contributed by atoms with Gasteiger partial charge in [0.05, 0.1) is 6.10 Å². The molecule has 0 radical (unpaired) electrons. The Hall–Kier alpha value is -2.55. The predicted molar refractivity (Wildman–Crippen MR) is 99.4 cm³/mol. The zero-order chi connectivity index (χ0) is 17.1. The molecule has 2 aliphatic carbocycles. The van der Waals surface area contributed by atoms with E-state index in [4.69, 9.17) is 4.74 Å². The average molecular weight is 333 g/mol. The van der Waals surface area contributed by atoms with Crippen LogP contribution in [0.5, 0.6) is 5.75 Å². The van der Waals surface area contributed by atoms with Gasteiger partial charge in [-0.2, -0.15) is 0 Å². The second kappa shape index (κ2) is 7.14. The number of carbonyl (C=O) groups excluding carboxylic acids is 1. The maximum Gasteiger partial charge on any atom is 0.247 e. The SMILES string of the molecule is O=C(NC1CCC(Oc2ccccc2)CC1)C1=Cc2ccccc2C1. The minimum atomic E-state index is 0.0867. The number of carbonyl (C=O) groups is 1. The van der Waals surface area contributed by atoms with Crippen molar-refractivity contribution in [1.29, 1.82) is 0 Å². The normalized spacial score (nSPS) is 22.0. The van der Waals surface area contributed by atoms with Crippen molar-refractivity contribution in [3.8, 4) is 5.75 Å². The first-order chi connectivity index (χ1) is 12.3. The molecule has 3 heteroatoms. The Bertz CT molecular complexity index is 774. The largest absolute Gasteiger partial charge is 0.490 e. The maximum atomic E-state index is 12.5. The molecule has 3 nitrogen and oxygen atoms in total. The van der Waals surface area contributed by atoms with Gasteiger partial charge in [-0.15, -0.1) is 0 Å². The van der Waals surface area contributed by atoms with Crippen LogP contribution >= 0.6 is 0 Å². The van der Waals surface area contributed by atoms with Crippen LogP contribution < -0.4 is 10.1 Å². The highest BCUT2D eigenvalue weighted by atomic mass is 16.5. The van der Waals surface area contributed by atoms with E-state index in [0.717, 1.165) is 43.4 Å². The smallest absolute Gasteiger partial charge is 0.247 e. The molecule has 4 rings (SSSR count). The van der Waals surface area contributed by atoms with E-state index < -0.39 is 0 Å². The molecule has 0 unspecified atom stereocenters. The fourth-order valence-corrected chi connectivity index (χ4v) is 3.72. The number of fused-ring (bicyclic) bond motifs is 1. The molecule has 2 aromatic rings. The molecule has 2 aliphatic rings. The van der Waals surface area contributed by atoms with Gasteiger partial charge in [0.25, 0.3) is 0 Å². The number of hydrogen-bond donors (Lipinski definition) is 1. The molecule has 2 aromatic carbocycles. The molecule has 0 bridgehead atoms. The molecular formula is C22H23NO2. The van der Waals surface area contributed by atoms with Crippen LogP contribution in [-0.2, 0) is 11.2 Å². The Kier molecular flexibility index (Phi) is 4.55. The summed E-state index contributed by atoms with van der Waals surface area (Å²) in [6.07, 6.45) is 6.94. The first kappa shape index (κ1) is 15.9. The van der Waals surface area contributed by atoms with E-state index in [-0.39, 0.29) is 18.1 Å². The fraction of sp³-hybridized carbons (Fsp3) is 0.318. The van der Waals surface area contributed by atoms with E-state index in [9.17, 15) is 4.79 Å². The van der Waals surface area contributed by atoms with Gasteiger partial charge in [-0.3, -0.25) is 4.79 Å². The van der Waals surface area contributed by atoms with Crippen LogP contribution in [0.25, 0.3) is 6.08 Å². The highest BCUT2D eigenvalue weighted by Crippen LogP contribution is 2.27. The van der Waals surface area contributed by atoms with Crippen LogP contribution in [0.3, 0.4) is 0 Å². The van der Waals surface area contributed by atoms with Crippen molar-refractivity contribution in [3.05, 3.63) is 71.3 Å². The fourth-order valence-electron chi connectivity index (χ4n) is 3.72. The summed E-state index contributed by atoms with van der Waals surface area (Å²) in [4.78, 5) is 12.5. The van der Waals surface area contributed by atoms with Gasteiger partial charge in [0.15, 0.2) is 0 Å². The standard InChI is InChI=1S/C22H23NO2/c24-22(18-14-16-6-4-5-7-17(16)15-18)23-19-10-12-21(13-11-19)25-20-8-2-1-3-9-20/h1-9,14,19,21H,10-13,15H2,(H,23,24). The van der Waals surface area contributed by atoms with Crippen LogP contribution in [0.4, 0.5) is 0 Å². The molecule has 0 saturated heterocycles. The molecule has 0 aliphatic heterocycles. The molecule has 0 atom stereocenters. The molecule has 128 valence electrons. The van der Waals surface area contributed by atoms with Gasteiger partial charge in [-0.25, -0.2) is 0 Å². The highest BCUT2D eigenvalue weighted by molar-refractivity contribution is 6.00. The number of rotatable bonds is 4. The van der Waals surface area contributed by atoms with Crippen molar-refractivity contribution >= 4 is 12.0 Å². The number of nitrogens with one attached hydrogen (secondary N) is 1. The van der Waals surface area contributed by atoms with Gasteiger partial charge in [0, 0.05) is 18.0 Å². The Labute approximate surface area is 148 Å². The molecule has 1 amide bonds. The maximum absolute atomic E-state index is 12.5. The van der Waals surface area contributed by atoms with Gasteiger partial charge >= 0.3 is 0 Å². The Morgan fingerprint density at radius 3 is 2.40 bits per heavy atom. The van der Waals surface area contributed by atoms with E-state index in [0.29, 0.717) is 0 Å². The van der Waals surface area contributed by atoms with Crippen molar-refractivity contribution in [1.82, 2.24) is 5.32 Å². The number of benzene rings is 2. The lowest BCUT2D eigenvalue weighted by molar-refractivity contribution is -0.118. The second-order valence-corrected chi connectivity index (χ2v) is 6.92. The lowest BCUT2D eigenvalue weighted by atomic mass is 9.92. The van der Waals surface area contributed by atoms with Gasteiger partial charge in [0.2, 0.25) is 5.91 Å². The Balaban J connectivity index is 1.27. The summed E-state index contributed by atoms with van der Waals surface area (Å²) in [5, 5.41) is 3.22. The minimum Gasteiger partial charge on any atom is -0.490 e. The third-order valence-corrected chi connectivity index (χ3v) is 5.11. The number of para-hydroxylation sites is 1. The van der Waals surface area contributed by atoms with Crippen molar-refractivity contribution < 1.29 is 9.53 Å². The average Bonchev–Trinajstić information content (AvgIpc) is 3.09. The molecule has 1 saturated carbocycles. The summed E-state index contributed by atoms with van der Waals surface area (Å²) in [6, 6.07) is 18.5. The Morgan fingerprint density at radius 2 is 1.64 bits per heavy atom. The molecule has 0 spiro atoms. The van der Waals surface area contributed by atoms with E-state index in [1.807, 2.05) is 48.5 Å². The summed E-state index contributed by atoms with van der Waals surface area (Å²) in [6.45, 7) is 0. The zero-order valence-electron chi connectivity index (χ0n) is 14.3. The van der Waals surface area contributed by atoms with Gasteiger partial charge in [0.1, 0.15) is 5.75 Å². The van der Waals surface area contributed by atoms with Crippen molar-refractivity contribution in [2.45, 2.75) is 44.2 Å². The van der Waals surface area contributed by atoms with Gasteiger partial charge in [-0.1, -0.05) is 42.5 Å². The van der Waals surface area contributed by atoms with Crippen LogP contribution in [0, 0.1) is 0 Å². The van der Waals surface area contributed by atoms with E-state index in [2.05, 4.69) is 17.4 Å². The second-order valence-electron chi connectivity index (χ2n) is 6.92. The summed E-state index contributed by atoms with van der Waals surface area (Å²) >= 11 is 0. The molecule has 25 heavy (non-hydrogen) atoms. The number of amides is 1. The topological polar surface area (TPSA) is 38.3 Å². The molecule has 0 heterocycles. The summed E-state index contributed by atoms with van der Waals surface area (Å²) in [5.41, 5.74) is 3.30. The van der Waals surface area contributed by atoms with Crippen LogP contribution in [-0.4, -0.2) is 18.1 Å². The minimum absolute atomic E-state index is 0.0867. The van der Waals surface area contributed by atoms with E-state index in [1.54, 1.807) is 0 Å². The highest BCUT2D eigenvalue weighted by Gasteiger charge is 2.25. The monoisotopic (exact) mass is 333 g/mol. The van der Waals surface area contributed by atoms with Crippen molar-refractivity contribution in [2.75, 3.05) is 0 Å². The van der Waals surface area contributed by atoms with E-state index >= 15 is 0 Å². The first-order valence-electron chi connectivity index (χ1n) is 9.09. The third kappa shape index (κ3) is 3.76.